The number of likely N-dealkylation sites (tertiary alicyclic amines) is 1. The summed E-state index contributed by atoms with van der Waals surface area (Å²) in [5.74, 6) is 0.604. The number of aromatic nitrogens is 3. The van der Waals surface area contributed by atoms with Crippen molar-refractivity contribution in [3.63, 3.8) is 0 Å². The maximum absolute atomic E-state index is 13.8. The number of nitrogens with zero attached hydrogens (tertiary/aromatic N) is 4. The molecule has 0 saturated carbocycles. The molecule has 7 heteroatoms. The molecule has 0 atom stereocenters. The summed E-state index contributed by atoms with van der Waals surface area (Å²) in [6, 6.07) is 4.95. The van der Waals surface area contributed by atoms with Crippen LogP contribution >= 0.6 is 0 Å². The van der Waals surface area contributed by atoms with Crippen LogP contribution in [0.4, 0.5) is 9.18 Å². The van der Waals surface area contributed by atoms with Crippen molar-refractivity contribution in [2.45, 2.75) is 32.7 Å². The Labute approximate surface area is 151 Å². The van der Waals surface area contributed by atoms with Crippen LogP contribution in [-0.2, 0) is 17.7 Å². The molecule has 0 spiro atoms. The molecule has 6 nitrogen and oxygen atoms in total. The number of halogens is 1. The normalized spacial score (nSPS) is 16.8. The molecule has 26 heavy (non-hydrogen) atoms. The van der Waals surface area contributed by atoms with Crippen LogP contribution in [0, 0.1) is 5.82 Å². The number of ether oxygens (including phenoxy) is 1. The number of fused-ring (bicyclic) bond motifs is 2. The number of hydrogen-bond acceptors (Lipinski definition) is 4. The van der Waals surface area contributed by atoms with E-state index in [2.05, 4.69) is 10.1 Å². The van der Waals surface area contributed by atoms with Gasteiger partial charge in [-0.3, -0.25) is 0 Å². The highest BCUT2D eigenvalue weighted by atomic mass is 19.1. The maximum Gasteiger partial charge on any atom is 0.409 e. The van der Waals surface area contributed by atoms with Crippen molar-refractivity contribution >= 4 is 11.7 Å². The van der Waals surface area contributed by atoms with Gasteiger partial charge in [0.1, 0.15) is 12.1 Å². The number of rotatable bonds is 1. The summed E-state index contributed by atoms with van der Waals surface area (Å²) >= 11 is 0. The fourth-order valence-electron chi connectivity index (χ4n) is 3.75. The van der Waals surface area contributed by atoms with Gasteiger partial charge < -0.3 is 9.64 Å². The van der Waals surface area contributed by atoms with Gasteiger partial charge in [-0.2, -0.15) is 5.10 Å². The number of piperidine rings is 1. The van der Waals surface area contributed by atoms with E-state index in [1.54, 1.807) is 17.3 Å². The van der Waals surface area contributed by atoms with Gasteiger partial charge in [0.15, 0.2) is 5.82 Å². The van der Waals surface area contributed by atoms with Crippen molar-refractivity contribution < 1.29 is 13.9 Å². The van der Waals surface area contributed by atoms with E-state index in [0.29, 0.717) is 26.2 Å². The lowest BCUT2D eigenvalue weighted by Gasteiger charge is -2.29. The topological polar surface area (TPSA) is 60.2 Å². The average Bonchev–Trinajstić information content (AvgIpc) is 3.05. The molecule has 4 rings (SSSR count). The Hall–Kier alpha value is -2.70. The quantitative estimate of drug-likeness (QED) is 0.788. The fourth-order valence-corrected chi connectivity index (χ4v) is 3.75. The maximum atomic E-state index is 13.8. The van der Waals surface area contributed by atoms with Gasteiger partial charge in [0.2, 0.25) is 0 Å². The molecule has 0 bridgehead atoms. The molecule has 136 valence electrons. The third-order valence-corrected chi connectivity index (χ3v) is 5.02. The van der Waals surface area contributed by atoms with E-state index in [-0.39, 0.29) is 11.9 Å². The monoisotopic (exact) mass is 356 g/mol. The van der Waals surface area contributed by atoms with Crippen molar-refractivity contribution in [2.24, 2.45) is 0 Å². The minimum absolute atomic E-state index is 0.224. The van der Waals surface area contributed by atoms with Crippen molar-refractivity contribution in [3.8, 4) is 0 Å². The van der Waals surface area contributed by atoms with Crippen LogP contribution < -0.4 is 0 Å². The smallest absolute Gasteiger partial charge is 0.409 e. The molecule has 0 N–H and O–H groups in total. The zero-order valence-corrected chi connectivity index (χ0v) is 14.7. The van der Waals surface area contributed by atoms with E-state index >= 15 is 0 Å². The lowest BCUT2D eigenvalue weighted by molar-refractivity contribution is 0.104. The van der Waals surface area contributed by atoms with Crippen LogP contribution in [0.1, 0.15) is 36.7 Å². The molecule has 2 aliphatic rings. The summed E-state index contributed by atoms with van der Waals surface area (Å²) in [4.78, 5) is 18.2. The molecule has 2 aliphatic heterocycles. The highest BCUT2D eigenvalue weighted by Gasteiger charge is 2.27. The molecule has 3 heterocycles. The summed E-state index contributed by atoms with van der Waals surface area (Å²) in [6.45, 7) is 4.09. The number of aryl methyl sites for hydroxylation is 2. The summed E-state index contributed by atoms with van der Waals surface area (Å²) in [6.07, 6.45) is 3.52. The third-order valence-electron chi connectivity index (χ3n) is 5.02. The van der Waals surface area contributed by atoms with Gasteiger partial charge in [-0.25, -0.2) is 18.9 Å². The van der Waals surface area contributed by atoms with Gasteiger partial charge in [-0.05, 0) is 49.4 Å². The highest BCUT2D eigenvalue weighted by Crippen LogP contribution is 2.35. The molecule has 2 aromatic rings. The summed E-state index contributed by atoms with van der Waals surface area (Å²) in [5, 5.41) is 4.33. The number of benzene rings is 1. The minimum atomic E-state index is -0.261. The fraction of sp³-hybridized carbons (Fsp3) is 0.421. The van der Waals surface area contributed by atoms with Gasteiger partial charge in [-0.15, -0.1) is 0 Å². The van der Waals surface area contributed by atoms with Crippen molar-refractivity contribution in [1.82, 2.24) is 19.7 Å². The van der Waals surface area contributed by atoms with Gasteiger partial charge in [0, 0.05) is 25.2 Å². The predicted molar refractivity (Wildman–Crippen MR) is 94.0 cm³/mol. The van der Waals surface area contributed by atoms with Gasteiger partial charge >= 0.3 is 6.09 Å². The van der Waals surface area contributed by atoms with E-state index in [1.165, 1.54) is 11.6 Å². The van der Waals surface area contributed by atoms with Crippen LogP contribution in [0.3, 0.4) is 0 Å². The second kappa shape index (κ2) is 6.90. The van der Waals surface area contributed by atoms with Crippen LogP contribution in [-0.4, -0.2) is 45.5 Å². The molecular weight excluding hydrogens is 335 g/mol. The Balaban J connectivity index is 1.72. The molecule has 1 aromatic carbocycles. The molecule has 0 aliphatic carbocycles. The molecule has 1 fully saturated rings. The molecule has 1 amide bonds. The summed E-state index contributed by atoms with van der Waals surface area (Å²) in [5.41, 5.74) is 4.28. The van der Waals surface area contributed by atoms with Crippen molar-refractivity contribution in [2.75, 3.05) is 19.7 Å². The third kappa shape index (κ3) is 2.98. The Bertz CT molecular complexity index is 864. The largest absolute Gasteiger partial charge is 0.450 e. The van der Waals surface area contributed by atoms with Gasteiger partial charge in [0.25, 0.3) is 0 Å². The first kappa shape index (κ1) is 16.8. The van der Waals surface area contributed by atoms with E-state index in [0.717, 1.165) is 41.8 Å². The zero-order valence-electron chi connectivity index (χ0n) is 14.7. The van der Waals surface area contributed by atoms with E-state index < -0.39 is 0 Å². The molecule has 1 aromatic heterocycles. The van der Waals surface area contributed by atoms with Crippen molar-refractivity contribution in [3.05, 3.63) is 52.9 Å². The second-order valence-corrected chi connectivity index (χ2v) is 6.52. The minimum Gasteiger partial charge on any atom is -0.450 e. The summed E-state index contributed by atoms with van der Waals surface area (Å²) in [7, 11) is 0. The molecule has 0 unspecified atom stereocenters. The van der Waals surface area contributed by atoms with Gasteiger partial charge in [0.05, 0.1) is 6.61 Å². The van der Waals surface area contributed by atoms with Crippen LogP contribution in [0.25, 0.3) is 5.57 Å². The van der Waals surface area contributed by atoms with Crippen LogP contribution in [0.15, 0.2) is 30.1 Å². The number of carbonyl (C=O) groups is 1. The van der Waals surface area contributed by atoms with Crippen molar-refractivity contribution in [1.29, 1.82) is 0 Å². The average molecular weight is 356 g/mol. The van der Waals surface area contributed by atoms with Crippen LogP contribution in [0.5, 0.6) is 0 Å². The molecular formula is C19H21FN4O2. The highest BCUT2D eigenvalue weighted by molar-refractivity contribution is 5.81. The second-order valence-electron chi connectivity index (χ2n) is 6.52. The van der Waals surface area contributed by atoms with Crippen LogP contribution in [0.2, 0.25) is 0 Å². The standard InChI is InChI=1S/C19H21FN4O2/c1-2-26-19(25)23-8-5-13(6-9-23)17-16-4-3-15(20)11-14(16)7-10-24-18(17)21-12-22-24/h3-4,11-12H,2,5-10H2,1H3. The number of hydrogen-bond donors (Lipinski definition) is 0. The molecule has 1 saturated heterocycles. The first-order valence-electron chi connectivity index (χ1n) is 8.98. The predicted octanol–water partition coefficient (Wildman–Crippen LogP) is 3.03. The summed E-state index contributed by atoms with van der Waals surface area (Å²) < 4.78 is 20.7. The van der Waals surface area contributed by atoms with E-state index in [4.69, 9.17) is 4.74 Å². The Kier molecular flexibility index (Phi) is 4.44. The first-order chi connectivity index (χ1) is 12.7. The van der Waals surface area contributed by atoms with Gasteiger partial charge in [-0.1, -0.05) is 11.6 Å². The number of carbonyl (C=O) groups excluding carboxylic acids is 1. The lowest BCUT2D eigenvalue weighted by Crippen LogP contribution is -2.37. The number of amides is 1. The van der Waals surface area contributed by atoms with E-state index in [1.807, 2.05) is 17.7 Å². The Morgan fingerprint density at radius 1 is 1.23 bits per heavy atom. The first-order valence-corrected chi connectivity index (χ1v) is 8.98. The zero-order chi connectivity index (χ0) is 18.1. The SMILES string of the molecule is CCOC(=O)N1CCC(=C2c3ccc(F)cc3CCn3ncnc32)CC1. The van der Waals surface area contributed by atoms with E-state index in [9.17, 15) is 9.18 Å². The Morgan fingerprint density at radius 2 is 2.04 bits per heavy atom. The lowest BCUT2D eigenvalue weighted by atomic mass is 9.90. The Morgan fingerprint density at radius 3 is 2.81 bits per heavy atom. The molecule has 0 radical (unpaired) electrons.